The summed E-state index contributed by atoms with van der Waals surface area (Å²) in [5, 5.41) is 3.50. The van der Waals surface area contributed by atoms with Gasteiger partial charge in [-0.15, -0.1) is 0 Å². The minimum absolute atomic E-state index is 0.650. The summed E-state index contributed by atoms with van der Waals surface area (Å²) in [6.07, 6.45) is 4.69. The molecule has 0 saturated carbocycles. The molecule has 0 radical (unpaired) electrons. The fourth-order valence-corrected chi connectivity index (χ4v) is 2.86. The lowest BCUT2D eigenvalue weighted by molar-refractivity contribution is 0.188. The molecule has 1 aromatic rings. The highest BCUT2D eigenvalue weighted by molar-refractivity contribution is 9.10. The molecule has 1 unspecified atom stereocenters. The summed E-state index contributed by atoms with van der Waals surface area (Å²) in [5.41, 5.74) is 1.39. The Balaban J connectivity index is 2.44. The van der Waals surface area contributed by atoms with Crippen LogP contribution in [0.2, 0.25) is 0 Å². The van der Waals surface area contributed by atoms with Gasteiger partial charge in [-0.1, -0.05) is 40.5 Å². The number of rotatable bonds is 12. The number of unbranched alkanes of at least 4 members (excludes halogenated alkanes) is 1. The molecule has 0 aliphatic heterocycles. The van der Waals surface area contributed by atoms with E-state index >= 15 is 0 Å². The third kappa shape index (κ3) is 8.57. The van der Waals surface area contributed by atoms with E-state index in [0.717, 1.165) is 39.1 Å². The van der Waals surface area contributed by atoms with E-state index in [0.29, 0.717) is 5.92 Å². The van der Waals surface area contributed by atoms with Crippen LogP contribution in [-0.2, 0) is 15.9 Å². The Hall–Kier alpha value is -0.420. The van der Waals surface area contributed by atoms with Crippen LogP contribution in [0.15, 0.2) is 28.7 Å². The standard InChI is InChI=1S/C17H28BrNO2/c1-20-11-6-5-7-15(14-19-10-12-21-2)13-16-8-3-4-9-17(16)18/h3-4,8-9,15,19H,5-7,10-14H2,1-2H3. The number of nitrogens with one attached hydrogen (secondary N) is 1. The van der Waals surface area contributed by atoms with E-state index in [1.54, 1.807) is 14.2 Å². The van der Waals surface area contributed by atoms with Gasteiger partial charge in [0.05, 0.1) is 6.61 Å². The first kappa shape index (κ1) is 18.6. The van der Waals surface area contributed by atoms with Crippen LogP contribution in [0.1, 0.15) is 24.8 Å². The normalized spacial score (nSPS) is 12.5. The minimum atomic E-state index is 0.650. The molecule has 4 heteroatoms. The molecule has 0 heterocycles. The van der Waals surface area contributed by atoms with Crippen LogP contribution in [0.25, 0.3) is 0 Å². The Morgan fingerprint density at radius 3 is 2.57 bits per heavy atom. The molecule has 0 fully saturated rings. The highest BCUT2D eigenvalue weighted by Crippen LogP contribution is 2.22. The molecule has 0 spiro atoms. The first-order valence-corrected chi connectivity index (χ1v) is 8.49. The molecule has 0 aromatic heterocycles. The molecule has 0 aliphatic carbocycles. The molecular formula is C17H28BrNO2. The van der Waals surface area contributed by atoms with E-state index in [1.165, 1.54) is 22.9 Å². The van der Waals surface area contributed by atoms with Crippen molar-refractivity contribution in [3.8, 4) is 0 Å². The maximum Gasteiger partial charge on any atom is 0.0587 e. The fraction of sp³-hybridized carbons (Fsp3) is 0.647. The Kier molecular flexibility index (Phi) is 10.8. The third-order valence-electron chi connectivity index (χ3n) is 3.59. The van der Waals surface area contributed by atoms with Gasteiger partial charge in [0.25, 0.3) is 0 Å². The third-order valence-corrected chi connectivity index (χ3v) is 4.37. The number of hydrogen-bond acceptors (Lipinski definition) is 3. The zero-order valence-corrected chi connectivity index (χ0v) is 14.8. The van der Waals surface area contributed by atoms with Crippen molar-refractivity contribution in [1.29, 1.82) is 0 Å². The van der Waals surface area contributed by atoms with Crippen molar-refractivity contribution < 1.29 is 9.47 Å². The van der Waals surface area contributed by atoms with Gasteiger partial charge in [-0.25, -0.2) is 0 Å². The van der Waals surface area contributed by atoms with Crippen molar-refractivity contribution in [1.82, 2.24) is 5.32 Å². The zero-order valence-electron chi connectivity index (χ0n) is 13.2. The van der Waals surface area contributed by atoms with Crippen molar-refractivity contribution >= 4 is 15.9 Å². The van der Waals surface area contributed by atoms with Crippen LogP contribution >= 0.6 is 15.9 Å². The van der Waals surface area contributed by atoms with Crippen LogP contribution in [0.4, 0.5) is 0 Å². The quantitative estimate of drug-likeness (QED) is 0.579. The van der Waals surface area contributed by atoms with Crippen molar-refractivity contribution in [2.45, 2.75) is 25.7 Å². The summed E-state index contributed by atoms with van der Waals surface area (Å²) < 4.78 is 11.4. The topological polar surface area (TPSA) is 30.5 Å². The van der Waals surface area contributed by atoms with E-state index in [-0.39, 0.29) is 0 Å². The van der Waals surface area contributed by atoms with Crippen molar-refractivity contribution in [2.24, 2.45) is 5.92 Å². The first-order chi connectivity index (χ1) is 10.3. The molecule has 0 aliphatic rings. The molecule has 1 N–H and O–H groups in total. The Bertz CT molecular complexity index is 362. The summed E-state index contributed by atoms with van der Waals surface area (Å²) in [6.45, 7) is 3.59. The van der Waals surface area contributed by atoms with Gasteiger partial charge >= 0.3 is 0 Å². The van der Waals surface area contributed by atoms with Gasteiger partial charge in [0, 0.05) is 31.8 Å². The lowest BCUT2D eigenvalue weighted by atomic mass is 9.94. The highest BCUT2D eigenvalue weighted by Gasteiger charge is 2.11. The van der Waals surface area contributed by atoms with Crippen LogP contribution in [0, 0.1) is 5.92 Å². The Labute approximate surface area is 137 Å². The maximum absolute atomic E-state index is 5.13. The number of benzene rings is 1. The van der Waals surface area contributed by atoms with Crippen LogP contribution < -0.4 is 5.32 Å². The number of hydrogen-bond donors (Lipinski definition) is 1. The smallest absolute Gasteiger partial charge is 0.0587 e. The molecule has 1 rings (SSSR count). The molecule has 3 nitrogen and oxygen atoms in total. The Morgan fingerprint density at radius 1 is 1.10 bits per heavy atom. The SMILES string of the molecule is COCCCCC(CNCCOC)Cc1ccccc1Br. The predicted octanol–water partition coefficient (Wildman–Crippen LogP) is 3.66. The van der Waals surface area contributed by atoms with Crippen molar-refractivity contribution in [2.75, 3.05) is 40.5 Å². The average Bonchev–Trinajstić information content (AvgIpc) is 2.50. The second-order valence-corrected chi connectivity index (χ2v) is 6.20. The summed E-state index contributed by atoms with van der Waals surface area (Å²) in [4.78, 5) is 0. The molecule has 21 heavy (non-hydrogen) atoms. The van der Waals surface area contributed by atoms with Gasteiger partial charge in [-0.2, -0.15) is 0 Å². The monoisotopic (exact) mass is 357 g/mol. The summed E-state index contributed by atoms with van der Waals surface area (Å²) in [5.74, 6) is 0.650. The van der Waals surface area contributed by atoms with Crippen molar-refractivity contribution in [3.05, 3.63) is 34.3 Å². The van der Waals surface area contributed by atoms with Gasteiger partial charge in [0.15, 0.2) is 0 Å². The van der Waals surface area contributed by atoms with Crippen LogP contribution in [0.3, 0.4) is 0 Å². The summed E-state index contributed by atoms with van der Waals surface area (Å²) in [6, 6.07) is 8.51. The van der Waals surface area contributed by atoms with Crippen molar-refractivity contribution in [3.63, 3.8) is 0 Å². The number of ether oxygens (including phenoxy) is 2. The molecular weight excluding hydrogens is 330 g/mol. The molecule has 1 atom stereocenters. The Morgan fingerprint density at radius 2 is 1.86 bits per heavy atom. The molecule has 0 amide bonds. The lowest BCUT2D eigenvalue weighted by Gasteiger charge is -2.18. The fourth-order valence-electron chi connectivity index (χ4n) is 2.41. The van der Waals surface area contributed by atoms with E-state index in [2.05, 4.69) is 45.5 Å². The van der Waals surface area contributed by atoms with Gasteiger partial charge in [-0.05, 0) is 43.4 Å². The molecule has 120 valence electrons. The largest absolute Gasteiger partial charge is 0.385 e. The van der Waals surface area contributed by atoms with E-state index < -0.39 is 0 Å². The number of methoxy groups -OCH3 is 2. The summed E-state index contributed by atoms with van der Waals surface area (Å²) in [7, 11) is 3.51. The second kappa shape index (κ2) is 12.2. The van der Waals surface area contributed by atoms with E-state index in [4.69, 9.17) is 9.47 Å². The van der Waals surface area contributed by atoms with Crippen LogP contribution in [0.5, 0.6) is 0 Å². The molecule has 0 bridgehead atoms. The van der Waals surface area contributed by atoms with Gasteiger partial charge in [0.2, 0.25) is 0 Å². The average molecular weight is 358 g/mol. The molecule has 1 aromatic carbocycles. The van der Waals surface area contributed by atoms with E-state index in [1.807, 2.05) is 0 Å². The number of halogens is 1. The van der Waals surface area contributed by atoms with E-state index in [9.17, 15) is 0 Å². The zero-order chi connectivity index (χ0) is 15.3. The highest BCUT2D eigenvalue weighted by atomic mass is 79.9. The summed E-state index contributed by atoms with van der Waals surface area (Å²) >= 11 is 3.65. The second-order valence-electron chi connectivity index (χ2n) is 5.35. The van der Waals surface area contributed by atoms with Gasteiger partial charge in [-0.3, -0.25) is 0 Å². The van der Waals surface area contributed by atoms with Gasteiger partial charge < -0.3 is 14.8 Å². The lowest BCUT2D eigenvalue weighted by Crippen LogP contribution is -2.27. The first-order valence-electron chi connectivity index (χ1n) is 7.70. The maximum atomic E-state index is 5.13. The predicted molar refractivity (Wildman–Crippen MR) is 91.8 cm³/mol. The minimum Gasteiger partial charge on any atom is -0.385 e. The van der Waals surface area contributed by atoms with Crippen LogP contribution in [-0.4, -0.2) is 40.5 Å². The molecule has 0 saturated heterocycles. The van der Waals surface area contributed by atoms with Gasteiger partial charge in [0.1, 0.15) is 0 Å².